The highest BCUT2D eigenvalue weighted by Crippen LogP contribution is 2.26. The number of hydrogen-bond acceptors (Lipinski definition) is 3. The van der Waals surface area contributed by atoms with Crippen molar-refractivity contribution in [3.63, 3.8) is 0 Å². The van der Waals surface area contributed by atoms with Gasteiger partial charge in [-0.25, -0.2) is 9.82 Å². The Balaban J connectivity index is 2.24. The average molecular weight is 209 g/mol. The Labute approximate surface area is 88.8 Å². The van der Waals surface area contributed by atoms with Gasteiger partial charge >= 0.3 is 0 Å². The number of rotatable bonds is 2. The monoisotopic (exact) mass is 209 g/mol. The zero-order chi connectivity index (χ0) is 10.8. The van der Waals surface area contributed by atoms with Gasteiger partial charge in [0.15, 0.2) is 0 Å². The SMILES string of the molecule is CCC1NNC(N)C1c1ccc(F)cc1. The minimum absolute atomic E-state index is 0.111. The Morgan fingerprint density at radius 2 is 1.93 bits per heavy atom. The summed E-state index contributed by atoms with van der Waals surface area (Å²) in [5.74, 6) is -0.00474. The number of halogens is 1. The first-order chi connectivity index (χ1) is 7.22. The molecule has 0 amide bonds. The van der Waals surface area contributed by atoms with Gasteiger partial charge in [-0.1, -0.05) is 19.1 Å². The van der Waals surface area contributed by atoms with Crippen molar-refractivity contribution in [1.29, 1.82) is 0 Å². The fourth-order valence-corrected chi connectivity index (χ4v) is 2.11. The zero-order valence-electron chi connectivity index (χ0n) is 8.70. The van der Waals surface area contributed by atoms with Crippen molar-refractivity contribution in [3.8, 4) is 0 Å². The molecular weight excluding hydrogens is 193 g/mol. The summed E-state index contributed by atoms with van der Waals surface area (Å²) in [5, 5.41) is 0. The van der Waals surface area contributed by atoms with Crippen LogP contribution >= 0.6 is 0 Å². The predicted molar refractivity (Wildman–Crippen MR) is 57.5 cm³/mol. The summed E-state index contributed by atoms with van der Waals surface area (Å²) >= 11 is 0. The third-order valence-corrected chi connectivity index (χ3v) is 2.95. The van der Waals surface area contributed by atoms with E-state index in [-0.39, 0.29) is 17.9 Å². The van der Waals surface area contributed by atoms with Crippen LogP contribution in [0.3, 0.4) is 0 Å². The molecule has 0 radical (unpaired) electrons. The molecule has 1 heterocycles. The van der Waals surface area contributed by atoms with Gasteiger partial charge < -0.3 is 5.73 Å². The molecule has 1 aromatic carbocycles. The summed E-state index contributed by atoms with van der Waals surface area (Å²) in [6, 6.07) is 6.87. The molecule has 3 nitrogen and oxygen atoms in total. The van der Waals surface area contributed by atoms with Gasteiger partial charge in [-0.2, -0.15) is 0 Å². The summed E-state index contributed by atoms with van der Waals surface area (Å²) in [5.41, 5.74) is 13.2. The smallest absolute Gasteiger partial charge is 0.123 e. The van der Waals surface area contributed by atoms with Gasteiger partial charge in [0, 0.05) is 12.0 Å². The van der Waals surface area contributed by atoms with Gasteiger partial charge in [0.05, 0.1) is 6.17 Å². The Morgan fingerprint density at radius 1 is 1.27 bits per heavy atom. The summed E-state index contributed by atoms with van der Waals surface area (Å²) < 4.78 is 12.8. The highest BCUT2D eigenvalue weighted by molar-refractivity contribution is 5.24. The van der Waals surface area contributed by atoms with Crippen molar-refractivity contribution in [2.45, 2.75) is 31.5 Å². The molecule has 15 heavy (non-hydrogen) atoms. The maximum absolute atomic E-state index is 12.8. The lowest BCUT2D eigenvalue weighted by Gasteiger charge is -2.19. The van der Waals surface area contributed by atoms with E-state index in [0.29, 0.717) is 6.04 Å². The van der Waals surface area contributed by atoms with E-state index in [1.54, 1.807) is 12.1 Å². The summed E-state index contributed by atoms with van der Waals surface area (Å²) in [4.78, 5) is 0. The first-order valence-electron chi connectivity index (χ1n) is 5.24. The number of benzene rings is 1. The van der Waals surface area contributed by atoms with E-state index in [2.05, 4.69) is 17.8 Å². The van der Waals surface area contributed by atoms with Gasteiger partial charge in [-0.15, -0.1) is 0 Å². The van der Waals surface area contributed by atoms with Crippen LogP contribution in [0.2, 0.25) is 0 Å². The van der Waals surface area contributed by atoms with Crippen molar-refractivity contribution in [1.82, 2.24) is 10.9 Å². The second kappa shape index (κ2) is 4.26. The van der Waals surface area contributed by atoms with E-state index in [4.69, 9.17) is 5.73 Å². The second-order valence-electron chi connectivity index (χ2n) is 3.91. The topological polar surface area (TPSA) is 50.1 Å². The van der Waals surface area contributed by atoms with Crippen molar-refractivity contribution >= 4 is 0 Å². The van der Waals surface area contributed by atoms with Gasteiger partial charge in [0.2, 0.25) is 0 Å². The quantitative estimate of drug-likeness (QED) is 0.683. The maximum Gasteiger partial charge on any atom is 0.123 e. The lowest BCUT2D eigenvalue weighted by Crippen LogP contribution is -2.38. The number of nitrogens with two attached hydrogens (primary N) is 1. The van der Waals surface area contributed by atoms with Crippen LogP contribution in [0.15, 0.2) is 24.3 Å². The number of nitrogens with one attached hydrogen (secondary N) is 2. The van der Waals surface area contributed by atoms with E-state index in [9.17, 15) is 4.39 Å². The molecule has 0 bridgehead atoms. The van der Waals surface area contributed by atoms with Crippen LogP contribution < -0.4 is 16.6 Å². The van der Waals surface area contributed by atoms with Crippen LogP contribution in [-0.4, -0.2) is 12.2 Å². The minimum Gasteiger partial charge on any atom is -0.314 e. The van der Waals surface area contributed by atoms with Gasteiger partial charge in [0.25, 0.3) is 0 Å². The van der Waals surface area contributed by atoms with Crippen molar-refractivity contribution in [2.24, 2.45) is 5.73 Å². The molecule has 1 aliphatic rings. The third kappa shape index (κ3) is 2.02. The van der Waals surface area contributed by atoms with E-state index in [1.165, 1.54) is 12.1 Å². The van der Waals surface area contributed by atoms with E-state index < -0.39 is 0 Å². The molecular formula is C11H16FN3. The van der Waals surface area contributed by atoms with Crippen molar-refractivity contribution in [2.75, 3.05) is 0 Å². The highest BCUT2D eigenvalue weighted by Gasteiger charge is 2.33. The molecule has 4 heteroatoms. The largest absolute Gasteiger partial charge is 0.314 e. The van der Waals surface area contributed by atoms with E-state index in [1.807, 2.05) is 0 Å². The van der Waals surface area contributed by atoms with Crippen molar-refractivity contribution < 1.29 is 4.39 Å². The zero-order valence-corrected chi connectivity index (χ0v) is 8.70. The molecule has 0 aromatic heterocycles. The van der Waals surface area contributed by atoms with Crippen LogP contribution in [0.4, 0.5) is 4.39 Å². The van der Waals surface area contributed by atoms with Gasteiger partial charge in [-0.3, -0.25) is 5.43 Å². The van der Waals surface area contributed by atoms with Gasteiger partial charge in [-0.05, 0) is 24.1 Å². The Bertz CT molecular complexity index is 325. The first-order valence-corrected chi connectivity index (χ1v) is 5.24. The molecule has 2 rings (SSSR count). The standard InChI is InChI=1S/C11H16FN3/c1-2-9-10(11(13)15-14-9)7-3-5-8(12)6-4-7/h3-6,9-11,14-15H,2,13H2,1H3. The number of hydrazine groups is 1. The fourth-order valence-electron chi connectivity index (χ4n) is 2.11. The molecule has 3 unspecified atom stereocenters. The summed E-state index contributed by atoms with van der Waals surface area (Å²) in [6.07, 6.45) is 0.878. The maximum atomic E-state index is 12.8. The minimum atomic E-state index is -0.209. The second-order valence-corrected chi connectivity index (χ2v) is 3.91. The Hall–Kier alpha value is -0.970. The third-order valence-electron chi connectivity index (χ3n) is 2.95. The Kier molecular flexibility index (Phi) is 3.00. The highest BCUT2D eigenvalue weighted by atomic mass is 19.1. The Morgan fingerprint density at radius 3 is 2.53 bits per heavy atom. The van der Waals surface area contributed by atoms with E-state index >= 15 is 0 Å². The number of hydrogen-bond donors (Lipinski definition) is 3. The van der Waals surface area contributed by atoms with Crippen LogP contribution in [-0.2, 0) is 0 Å². The summed E-state index contributed by atoms with van der Waals surface area (Å²) in [7, 11) is 0. The van der Waals surface area contributed by atoms with Crippen LogP contribution in [0.25, 0.3) is 0 Å². The molecule has 1 aromatic rings. The average Bonchev–Trinajstić information content (AvgIpc) is 2.61. The van der Waals surface area contributed by atoms with Crippen LogP contribution in [0.1, 0.15) is 24.8 Å². The van der Waals surface area contributed by atoms with Crippen molar-refractivity contribution in [3.05, 3.63) is 35.6 Å². The normalized spacial score (nSPS) is 30.7. The molecule has 3 atom stereocenters. The molecule has 1 aliphatic heterocycles. The predicted octanol–water partition coefficient (Wildman–Crippen LogP) is 1.08. The van der Waals surface area contributed by atoms with Crippen LogP contribution in [0, 0.1) is 5.82 Å². The molecule has 1 fully saturated rings. The first kappa shape index (κ1) is 10.5. The fraction of sp³-hybridized carbons (Fsp3) is 0.455. The molecule has 1 saturated heterocycles. The molecule has 0 aliphatic carbocycles. The van der Waals surface area contributed by atoms with E-state index in [0.717, 1.165) is 12.0 Å². The molecule has 4 N–H and O–H groups in total. The molecule has 82 valence electrons. The lowest BCUT2D eigenvalue weighted by molar-refractivity contribution is 0.510. The van der Waals surface area contributed by atoms with Gasteiger partial charge in [0.1, 0.15) is 5.82 Å². The van der Waals surface area contributed by atoms with Crippen LogP contribution in [0.5, 0.6) is 0 Å². The molecule has 0 saturated carbocycles. The summed E-state index contributed by atoms with van der Waals surface area (Å²) in [6.45, 7) is 2.11. The molecule has 0 spiro atoms. The lowest BCUT2D eigenvalue weighted by atomic mass is 9.89.